The minimum atomic E-state index is -1.14. The molecule has 2 amide bonds. The minimum absolute atomic E-state index is 0.0181. The maximum absolute atomic E-state index is 11.9. The number of imide groups is 1. The van der Waals surface area contributed by atoms with Crippen LogP contribution in [0.4, 0.5) is 0 Å². The highest BCUT2D eigenvalue weighted by molar-refractivity contribution is 8.00. The number of carbonyl (C=O) groups is 3. The summed E-state index contributed by atoms with van der Waals surface area (Å²) in [6.07, 6.45) is 0.0567. The highest BCUT2D eigenvalue weighted by Crippen LogP contribution is 2.32. The lowest BCUT2D eigenvalue weighted by molar-refractivity contribution is -0.136. The molecule has 7 nitrogen and oxygen atoms in total. The molecule has 1 aliphatic heterocycles. The lowest BCUT2D eigenvalue weighted by Gasteiger charge is -2.11. The topological polar surface area (TPSA) is 100 Å². The summed E-state index contributed by atoms with van der Waals surface area (Å²) < 4.78 is 0. The van der Waals surface area contributed by atoms with Crippen LogP contribution in [-0.4, -0.2) is 50.1 Å². The average Bonchev–Trinajstić information content (AvgIpc) is 2.55. The van der Waals surface area contributed by atoms with Crippen molar-refractivity contribution < 1.29 is 19.5 Å². The van der Waals surface area contributed by atoms with E-state index in [1.165, 1.54) is 7.05 Å². The number of aryl methyl sites for hydroxylation is 2. The number of hydrogen-bond acceptors (Lipinski definition) is 6. The monoisotopic (exact) mass is 295 g/mol. The number of aromatic carboxylic acids is 1. The van der Waals surface area contributed by atoms with Crippen LogP contribution in [0.2, 0.25) is 0 Å². The summed E-state index contributed by atoms with van der Waals surface area (Å²) in [5.41, 5.74) is 0.327. The SMILES string of the molecule is Cc1nc(C)c(C(=O)O)c(SC2CC(=O)N(C)C2=O)n1. The second-order valence-corrected chi connectivity index (χ2v) is 5.63. The van der Waals surface area contributed by atoms with Crippen LogP contribution in [0, 0.1) is 13.8 Å². The van der Waals surface area contributed by atoms with E-state index in [-0.39, 0.29) is 28.8 Å². The summed E-state index contributed by atoms with van der Waals surface area (Å²) in [5, 5.41) is 8.83. The number of nitrogens with zero attached hydrogens (tertiary/aromatic N) is 3. The molecule has 0 bridgehead atoms. The first-order valence-corrected chi connectivity index (χ1v) is 6.74. The first kappa shape index (κ1) is 14.4. The number of thioether (sulfide) groups is 1. The van der Waals surface area contributed by atoms with Crippen molar-refractivity contribution in [2.24, 2.45) is 0 Å². The quantitative estimate of drug-likeness (QED) is 0.645. The van der Waals surface area contributed by atoms with Crippen molar-refractivity contribution in [3.05, 3.63) is 17.1 Å². The molecule has 0 saturated carbocycles. The van der Waals surface area contributed by atoms with Gasteiger partial charge in [0.1, 0.15) is 16.4 Å². The Kier molecular flexibility index (Phi) is 3.76. The molecule has 1 N–H and O–H groups in total. The van der Waals surface area contributed by atoms with Crippen molar-refractivity contribution in [1.29, 1.82) is 0 Å². The zero-order chi connectivity index (χ0) is 15.0. The Morgan fingerprint density at radius 3 is 2.50 bits per heavy atom. The van der Waals surface area contributed by atoms with Crippen molar-refractivity contribution >= 4 is 29.5 Å². The van der Waals surface area contributed by atoms with E-state index in [2.05, 4.69) is 9.97 Å². The first-order chi connectivity index (χ1) is 9.31. The number of amides is 2. The van der Waals surface area contributed by atoms with Crippen LogP contribution in [0.5, 0.6) is 0 Å². The van der Waals surface area contributed by atoms with Crippen LogP contribution in [0.1, 0.15) is 28.3 Å². The zero-order valence-electron chi connectivity index (χ0n) is 11.2. The van der Waals surface area contributed by atoms with E-state index < -0.39 is 11.2 Å². The molecular weight excluding hydrogens is 282 g/mol. The number of carbonyl (C=O) groups excluding carboxylic acids is 2. The number of carboxylic acid groups (broad SMARTS) is 1. The Balaban J connectivity index is 2.37. The van der Waals surface area contributed by atoms with Gasteiger partial charge in [-0.2, -0.15) is 0 Å². The van der Waals surface area contributed by atoms with Crippen molar-refractivity contribution in [2.45, 2.75) is 30.5 Å². The van der Waals surface area contributed by atoms with E-state index in [1.807, 2.05) is 0 Å². The number of hydrogen-bond donors (Lipinski definition) is 1. The summed E-state index contributed by atoms with van der Waals surface area (Å²) in [5.74, 6) is -1.31. The normalized spacial score (nSPS) is 18.8. The molecule has 1 unspecified atom stereocenters. The lowest BCUT2D eigenvalue weighted by atomic mass is 10.2. The maximum Gasteiger partial charge on any atom is 0.340 e. The summed E-state index contributed by atoms with van der Waals surface area (Å²) in [4.78, 5) is 43.8. The van der Waals surface area contributed by atoms with Crippen LogP contribution in [0.25, 0.3) is 0 Å². The van der Waals surface area contributed by atoms with Gasteiger partial charge >= 0.3 is 5.97 Å². The van der Waals surface area contributed by atoms with E-state index in [0.29, 0.717) is 11.5 Å². The third-order valence-corrected chi connectivity index (χ3v) is 4.15. The summed E-state index contributed by atoms with van der Waals surface area (Å²) >= 11 is 1.01. The molecule has 0 aliphatic carbocycles. The molecule has 1 saturated heterocycles. The lowest BCUT2D eigenvalue weighted by Crippen LogP contribution is -2.26. The van der Waals surface area contributed by atoms with Gasteiger partial charge in [0.25, 0.3) is 0 Å². The van der Waals surface area contributed by atoms with Crippen molar-refractivity contribution in [3.8, 4) is 0 Å². The van der Waals surface area contributed by atoms with Gasteiger partial charge in [-0.1, -0.05) is 11.8 Å². The third kappa shape index (κ3) is 2.51. The molecule has 0 spiro atoms. The van der Waals surface area contributed by atoms with E-state index in [4.69, 9.17) is 0 Å². The van der Waals surface area contributed by atoms with E-state index in [9.17, 15) is 19.5 Å². The number of rotatable bonds is 3. The van der Waals surface area contributed by atoms with Crippen LogP contribution in [0.15, 0.2) is 5.03 Å². The van der Waals surface area contributed by atoms with E-state index in [1.54, 1.807) is 13.8 Å². The summed E-state index contributed by atoms with van der Waals surface area (Å²) in [7, 11) is 1.42. The molecule has 1 fully saturated rings. The second kappa shape index (κ2) is 5.20. The zero-order valence-corrected chi connectivity index (χ0v) is 12.0. The van der Waals surface area contributed by atoms with E-state index >= 15 is 0 Å². The Hall–Kier alpha value is -1.96. The van der Waals surface area contributed by atoms with Gasteiger partial charge < -0.3 is 5.11 Å². The molecule has 1 aromatic heterocycles. The average molecular weight is 295 g/mol. The Labute approximate surface area is 119 Å². The van der Waals surface area contributed by atoms with Crippen molar-refractivity contribution in [1.82, 2.24) is 14.9 Å². The van der Waals surface area contributed by atoms with Crippen molar-refractivity contribution in [3.63, 3.8) is 0 Å². The van der Waals surface area contributed by atoms with Crippen LogP contribution in [0.3, 0.4) is 0 Å². The predicted molar refractivity (Wildman–Crippen MR) is 70.5 cm³/mol. The Morgan fingerprint density at radius 2 is 2.00 bits per heavy atom. The van der Waals surface area contributed by atoms with Gasteiger partial charge in [-0.05, 0) is 13.8 Å². The molecule has 1 atom stereocenters. The molecule has 8 heteroatoms. The molecule has 2 rings (SSSR count). The highest BCUT2D eigenvalue weighted by atomic mass is 32.2. The number of carboxylic acids is 1. The molecule has 20 heavy (non-hydrogen) atoms. The Morgan fingerprint density at radius 1 is 1.35 bits per heavy atom. The number of likely N-dealkylation sites (tertiary alicyclic amines) is 1. The van der Waals surface area contributed by atoms with Gasteiger partial charge in [-0.15, -0.1) is 0 Å². The smallest absolute Gasteiger partial charge is 0.340 e. The van der Waals surface area contributed by atoms with E-state index in [0.717, 1.165) is 16.7 Å². The van der Waals surface area contributed by atoms with Gasteiger partial charge in [-0.3, -0.25) is 14.5 Å². The summed E-state index contributed by atoms with van der Waals surface area (Å²) in [6.45, 7) is 3.23. The molecule has 0 aromatic carbocycles. The molecule has 106 valence electrons. The molecular formula is C12H13N3O4S. The van der Waals surface area contributed by atoms with Gasteiger partial charge in [-0.25, -0.2) is 14.8 Å². The van der Waals surface area contributed by atoms with Gasteiger partial charge in [0.15, 0.2) is 0 Å². The van der Waals surface area contributed by atoms with Crippen molar-refractivity contribution in [2.75, 3.05) is 7.05 Å². The molecule has 1 aromatic rings. The second-order valence-electron chi connectivity index (χ2n) is 4.44. The maximum atomic E-state index is 11.9. The molecule has 0 radical (unpaired) electrons. The first-order valence-electron chi connectivity index (χ1n) is 5.87. The molecule has 2 heterocycles. The number of aromatic nitrogens is 2. The third-order valence-electron chi connectivity index (χ3n) is 2.98. The van der Waals surface area contributed by atoms with Crippen LogP contribution in [-0.2, 0) is 9.59 Å². The standard InChI is InChI=1S/C12H13N3O4S/c1-5-9(12(18)19)10(14-6(2)13-5)20-7-4-8(16)15(3)11(7)17/h7H,4H2,1-3H3,(H,18,19). The Bertz CT molecular complexity index is 617. The fraction of sp³-hybridized carbons (Fsp3) is 0.417. The predicted octanol–water partition coefficient (Wildman–Crippen LogP) is 0.641. The largest absolute Gasteiger partial charge is 0.478 e. The van der Waals surface area contributed by atoms with Gasteiger partial charge in [0.05, 0.1) is 10.9 Å². The fourth-order valence-corrected chi connectivity index (χ4v) is 3.25. The van der Waals surface area contributed by atoms with Crippen LogP contribution < -0.4 is 0 Å². The highest BCUT2D eigenvalue weighted by Gasteiger charge is 2.38. The van der Waals surface area contributed by atoms with Gasteiger partial charge in [0.2, 0.25) is 11.8 Å². The van der Waals surface area contributed by atoms with Gasteiger partial charge in [0, 0.05) is 13.5 Å². The van der Waals surface area contributed by atoms with Crippen LogP contribution >= 0.6 is 11.8 Å². The summed E-state index contributed by atoms with van der Waals surface area (Å²) in [6, 6.07) is 0. The minimum Gasteiger partial charge on any atom is -0.478 e. The fourth-order valence-electron chi connectivity index (χ4n) is 1.96. The molecule has 1 aliphatic rings.